The molecule has 2 N–H and O–H groups in total. The van der Waals surface area contributed by atoms with Crippen LogP contribution < -0.4 is 15.4 Å². The van der Waals surface area contributed by atoms with Crippen LogP contribution in [-0.2, 0) is 9.53 Å². The number of nitrogens with zero attached hydrogens (tertiary/aromatic N) is 2. The SMILES string of the molecule is COC(=O)COc1cc(C(=O)N[C@H]2CC[C@H](N(C)C)CC2)cc(C(=O)N[C@H]2CC[C@H](N(C)C)CC2)c1. The summed E-state index contributed by atoms with van der Waals surface area (Å²) < 4.78 is 10.2. The molecule has 9 heteroatoms. The van der Waals surface area contributed by atoms with Crippen molar-refractivity contribution >= 4 is 17.8 Å². The molecule has 0 aliphatic heterocycles. The molecule has 36 heavy (non-hydrogen) atoms. The lowest BCUT2D eigenvalue weighted by molar-refractivity contribution is -0.142. The Kier molecular flexibility index (Phi) is 10.1. The van der Waals surface area contributed by atoms with E-state index < -0.39 is 5.97 Å². The summed E-state index contributed by atoms with van der Waals surface area (Å²) in [6, 6.07) is 6.01. The monoisotopic (exact) mass is 502 g/mol. The van der Waals surface area contributed by atoms with Crippen LogP contribution in [0.3, 0.4) is 0 Å². The van der Waals surface area contributed by atoms with E-state index in [0.717, 1.165) is 51.4 Å². The number of rotatable bonds is 9. The smallest absolute Gasteiger partial charge is 0.343 e. The zero-order valence-electron chi connectivity index (χ0n) is 22.3. The van der Waals surface area contributed by atoms with Crippen molar-refractivity contribution in [2.75, 3.05) is 41.9 Å². The standard InChI is InChI=1S/C27H42N4O5/c1-30(2)22-10-6-20(7-11-22)28-26(33)18-14-19(16-24(15-18)36-17-25(32)35-5)27(34)29-21-8-12-23(13-9-21)31(3)4/h14-16,20-23H,6-13,17H2,1-5H3,(H,28,33)(H,29,34)/t20-,21-,22-,23-. The van der Waals surface area contributed by atoms with Crippen molar-refractivity contribution in [2.45, 2.75) is 75.5 Å². The number of hydrogen-bond donors (Lipinski definition) is 2. The van der Waals surface area contributed by atoms with Gasteiger partial charge in [0, 0.05) is 35.3 Å². The van der Waals surface area contributed by atoms with E-state index in [1.807, 2.05) is 0 Å². The lowest BCUT2D eigenvalue weighted by Gasteiger charge is -2.33. The molecule has 2 aliphatic rings. The number of methoxy groups -OCH3 is 1. The number of esters is 1. The number of carbonyl (C=O) groups is 3. The summed E-state index contributed by atoms with van der Waals surface area (Å²) >= 11 is 0. The predicted molar refractivity (Wildman–Crippen MR) is 138 cm³/mol. The molecule has 200 valence electrons. The second-order valence-corrected chi connectivity index (χ2v) is 10.5. The molecule has 3 rings (SSSR count). The van der Waals surface area contributed by atoms with Crippen LogP contribution in [0.5, 0.6) is 5.75 Å². The van der Waals surface area contributed by atoms with E-state index >= 15 is 0 Å². The van der Waals surface area contributed by atoms with Gasteiger partial charge in [0.1, 0.15) is 5.75 Å². The maximum atomic E-state index is 13.1. The molecule has 2 aliphatic carbocycles. The first-order valence-electron chi connectivity index (χ1n) is 13.0. The molecule has 2 fully saturated rings. The third kappa shape index (κ3) is 7.93. The van der Waals surface area contributed by atoms with E-state index in [2.05, 4.69) is 53.4 Å². The zero-order valence-corrected chi connectivity index (χ0v) is 22.3. The molecule has 0 aromatic heterocycles. The fourth-order valence-corrected chi connectivity index (χ4v) is 5.16. The van der Waals surface area contributed by atoms with Crippen LogP contribution in [0.4, 0.5) is 0 Å². The quantitative estimate of drug-likeness (QED) is 0.500. The van der Waals surface area contributed by atoms with Gasteiger partial charge in [0.15, 0.2) is 6.61 Å². The van der Waals surface area contributed by atoms with E-state index in [1.165, 1.54) is 7.11 Å². The average molecular weight is 503 g/mol. The van der Waals surface area contributed by atoms with Gasteiger partial charge in [-0.2, -0.15) is 0 Å². The first-order valence-corrected chi connectivity index (χ1v) is 13.0. The Morgan fingerprint density at radius 3 is 1.53 bits per heavy atom. The lowest BCUT2D eigenvalue weighted by Crippen LogP contribution is -2.42. The molecule has 1 aromatic rings. The minimum atomic E-state index is -0.536. The summed E-state index contributed by atoms with van der Waals surface area (Å²) in [4.78, 5) is 42.3. The van der Waals surface area contributed by atoms with Gasteiger partial charge in [-0.3, -0.25) is 9.59 Å². The van der Waals surface area contributed by atoms with Gasteiger partial charge in [-0.25, -0.2) is 4.79 Å². The summed E-state index contributed by atoms with van der Waals surface area (Å²) in [7, 11) is 9.63. The Hall–Kier alpha value is -2.65. The molecule has 0 unspecified atom stereocenters. The third-order valence-electron chi connectivity index (χ3n) is 7.54. The maximum Gasteiger partial charge on any atom is 0.343 e. The fraction of sp³-hybridized carbons (Fsp3) is 0.667. The molecule has 0 radical (unpaired) electrons. The Morgan fingerprint density at radius 1 is 0.750 bits per heavy atom. The van der Waals surface area contributed by atoms with E-state index in [1.54, 1.807) is 18.2 Å². The van der Waals surface area contributed by atoms with Gasteiger partial charge >= 0.3 is 5.97 Å². The van der Waals surface area contributed by atoms with Crippen LogP contribution in [-0.4, -0.2) is 93.7 Å². The fourth-order valence-electron chi connectivity index (χ4n) is 5.16. The van der Waals surface area contributed by atoms with E-state index in [9.17, 15) is 14.4 Å². The number of benzene rings is 1. The molecular weight excluding hydrogens is 460 g/mol. The van der Waals surface area contributed by atoms with Crippen molar-refractivity contribution in [2.24, 2.45) is 0 Å². The molecule has 0 atom stereocenters. The van der Waals surface area contributed by atoms with Crippen LogP contribution in [0.15, 0.2) is 18.2 Å². The molecule has 0 spiro atoms. The highest BCUT2D eigenvalue weighted by Crippen LogP contribution is 2.25. The van der Waals surface area contributed by atoms with Crippen molar-refractivity contribution in [1.29, 1.82) is 0 Å². The second-order valence-electron chi connectivity index (χ2n) is 10.5. The van der Waals surface area contributed by atoms with Crippen molar-refractivity contribution in [3.8, 4) is 5.75 Å². The minimum absolute atomic E-state index is 0.0949. The first kappa shape index (κ1) is 27.9. The van der Waals surface area contributed by atoms with Gasteiger partial charge < -0.3 is 29.9 Å². The van der Waals surface area contributed by atoms with Crippen molar-refractivity contribution in [1.82, 2.24) is 20.4 Å². The van der Waals surface area contributed by atoms with Gasteiger partial charge in [-0.1, -0.05) is 0 Å². The minimum Gasteiger partial charge on any atom is -0.482 e. The number of carbonyl (C=O) groups excluding carboxylic acids is 3. The van der Waals surface area contributed by atoms with Gasteiger partial charge in [-0.05, 0) is 97.8 Å². The number of ether oxygens (including phenoxy) is 2. The summed E-state index contributed by atoms with van der Waals surface area (Å²) in [6.07, 6.45) is 7.78. The summed E-state index contributed by atoms with van der Waals surface area (Å²) in [6.45, 7) is -0.300. The van der Waals surface area contributed by atoms with Crippen molar-refractivity contribution in [3.05, 3.63) is 29.3 Å². The van der Waals surface area contributed by atoms with Crippen molar-refractivity contribution in [3.63, 3.8) is 0 Å². The van der Waals surface area contributed by atoms with Gasteiger partial charge in [-0.15, -0.1) is 0 Å². The Morgan fingerprint density at radius 2 is 1.17 bits per heavy atom. The molecule has 9 nitrogen and oxygen atoms in total. The molecule has 0 saturated heterocycles. The van der Waals surface area contributed by atoms with E-state index in [-0.39, 0.29) is 36.3 Å². The largest absolute Gasteiger partial charge is 0.482 e. The van der Waals surface area contributed by atoms with Gasteiger partial charge in [0.2, 0.25) is 0 Å². The van der Waals surface area contributed by atoms with Crippen LogP contribution in [0.2, 0.25) is 0 Å². The van der Waals surface area contributed by atoms with Crippen LogP contribution in [0, 0.1) is 0 Å². The van der Waals surface area contributed by atoms with Crippen LogP contribution in [0.25, 0.3) is 0 Å². The average Bonchev–Trinajstić information content (AvgIpc) is 2.87. The third-order valence-corrected chi connectivity index (χ3v) is 7.54. The molecule has 0 heterocycles. The normalized spacial score (nSPS) is 24.3. The molecule has 2 saturated carbocycles. The topological polar surface area (TPSA) is 100 Å². The van der Waals surface area contributed by atoms with E-state index in [0.29, 0.717) is 23.2 Å². The molecule has 1 aromatic carbocycles. The Bertz CT molecular complexity index is 843. The summed E-state index contributed by atoms with van der Waals surface area (Å²) in [5.74, 6) is -0.739. The number of nitrogens with one attached hydrogen (secondary N) is 2. The van der Waals surface area contributed by atoms with Crippen LogP contribution in [0.1, 0.15) is 72.1 Å². The van der Waals surface area contributed by atoms with E-state index in [4.69, 9.17) is 4.74 Å². The van der Waals surface area contributed by atoms with Crippen molar-refractivity contribution < 1.29 is 23.9 Å². The maximum absolute atomic E-state index is 13.1. The van der Waals surface area contributed by atoms with Gasteiger partial charge in [0.05, 0.1) is 7.11 Å². The zero-order chi connectivity index (χ0) is 26.2. The highest BCUT2D eigenvalue weighted by Gasteiger charge is 2.26. The predicted octanol–water partition coefficient (Wildman–Crippen LogP) is 2.44. The lowest BCUT2D eigenvalue weighted by atomic mass is 9.90. The highest BCUT2D eigenvalue weighted by atomic mass is 16.6. The van der Waals surface area contributed by atoms with Gasteiger partial charge in [0.25, 0.3) is 11.8 Å². The molecule has 2 amide bonds. The summed E-state index contributed by atoms with van der Waals surface area (Å²) in [5.41, 5.74) is 0.683. The molecule has 0 bridgehead atoms. The Labute approximate surface area is 214 Å². The summed E-state index contributed by atoms with van der Waals surface area (Å²) in [5, 5.41) is 6.24. The second kappa shape index (κ2) is 13.1. The highest BCUT2D eigenvalue weighted by molar-refractivity contribution is 6.00. The first-order chi connectivity index (χ1) is 17.2. The Balaban J connectivity index is 1.69. The number of hydrogen-bond acceptors (Lipinski definition) is 7. The number of amides is 2. The molecular formula is C27H42N4O5. The van der Waals surface area contributed by atoms with Crippen LogP contribution >= 0.6 is 0 Å².